The molecule has 0 fully saturated rings. The van der Waals surface area contributed by atoms with Gasteiger partial charge in [-0.2, -0.15) is 0 Å². The Labute approximate surface area is 158 Å². The Morgan fingerprint density at radius 1 is 1.07 bits per heavy atom. The number of fused-ring (bicyclic) bond motifs is 1. The van der Waals surface area contributed by atoms with Crippen LogP contribution < -0.4 is 5.32 Å². The fraction of sp³-hybridized carbons (Fsp3) is 0.200. The molecule has 2 aromatic carbocycles. The number of para-hydroxylation sites is 1. The van der Waals surface area contributed by atoms with Crippen molar-refractivity contribution in [1.29, 1.82) is 0 Å². The van der Waals surface area contributed by atoms with Crippen LogP contribution in [0.3, 0.4) is 0 Å². The standard InChI is InChI=1S/C20H17F3N2O3/c1-2-9-25(20(27)16-10-12-5-3-4-6-15(12)28-16)11-17(26)24-14-8-7-13(21)18(22)19(14)23/h3-8,10H,2,9,11H2,1H3,(H,24,26). The van der Waals surface area contributed by atoms with Gasteiger partial charge in [0.25, 0.3) is 5.91 Å². The minimum atomic E-state index is -1.68. The average Bonchev–Trinajstić information content (AvgIpc) is 3.12. The largest absolute Gasteiger partial charge is 0.451 e. The van der Waals surface area contributed by atoms with Crippen molar-refractivity contribution in [2.24, 2.45) is 0 Å². The lowest BCUT2D eigenvalue weighted by Gasteiger charge is -2.20. The van der Waals surface area contributed by atoms with Gasteiger partial charge in [0.2, 0.25) is 5.91 Å². The lowest BCUT2D eigenvalue weighted by Crippen LogP contribution is -2.38. The zero-order chi connectivity index (χ0) is 20.3. The first-order chi connectivity index (χ1) is 13.4. The zero-order valence-corrected chi connectivity index (χ0v) is 15.0. The highest BCUT2D eigenvalue weighted by Gasteiger charge is 2.23. The molecule has 1 aromatic heterocycles. The van der Waals surface area contributed by atoms with Gasteiger partial charge in [0.05, 0.1) is 5.69 Å². The number of benzene rings is 2. The summed E-state index contributed by atoms with van der Waals surface area (Å²) in [6.07, 6.45) is 0.568. The highest BCUT2D eigenvalue weighted by Crippen LogP contribution is 2.21. The van der Waals surface area contributed by atoms with E-state index in [9.17, 15) is 22.8 Å². The number of rotatable bonds is 6. The molecule has 1 N–H and O–H groups in total. The first-order valence-corrected chi connectivity index (χ1v) is 8.62. The Hall–Kier alpha value is -3.29. The predicted octanol–water partition coefficient (Wildman–Crippen LogP) is 4.34. The van der Waals surface area contributed by atoms with Gasteiger partial charge in [-0.3, -0.25) is 9.59 Å². The van der Waals surface area contributed by atoms with Crippen molar-refractivity contribution in [3.63, 3.8) is 0 Å². The van der Waals surface area contributed by atoms with Gasteiger partial charge in [-0.1, -0.05) is 25.1 Å². The number of carbonyl (C=O) groups is 2. The summed E-state index contributed by atoms with van der Waals surface area (Å²) in [6.45, 7) is 1.68. The molecule has 0 aliphatic carbocycles. The van der Waals surface area contributed by atoms with Gasteiger partial charge < -0.3 is 14.6 Å². The van der Waals surface area contributed by atoms with Crippen molar-refractivity contribution in [1.82, 2.24) is 4.90 Å². The fourth-order valence-corrected chi connectivity index (χ4v) is 2.75. The second-order valence-corrected chi connectivity index (χ2v) is 6.15. The Kier molecular flexibility index (Phi) is 5.67. The van der Waals surface area contributed by atoms with Gasteiger partial charge in [0.1, 0.15) is 12.1 Å². The maximum absolute atomic E-state index is 13.7. The topological polar surface area (TPSA) is 62.6 Å². The summed E-state index contributed by atoms with van der Waals surface area (Å²) in [7, 11) is 0. The molecule has 3 rings (SSSR count). The Balaban J connectivity index is 1.75. The molecule has 0 aliphatic rings. The van der Waals surface area contributed by atoms with E-state index >= 15 is 0 Å². The van der Waals surface area contributed by atoms with Crippen molar-refractivity contribution in [2.75, 3.05) is 18.4 Å². The molecule has 0 unspecified atom stereocenters. The molecule has 0 bridgehead atoms. The number of nitrogens with one attached hydrogen (secondary N) is 1. The van der Waals surface area contributed by atoms with Crippen molar-refractivity contribution in [2.45, 2.75) is 13.3 Å². The molecule has 0 saturated heterocycles. The SMILES string of the molecule is CCCN(CC(=O)Nc1ccc(F)c(F)c1F)C(=O)c1cc2ccccc2o1. The van der Waals surface area contributed by atoms with Crippen molar-refractivity contribution in [3.8, 4) is 0 Å². The van der Waals surface area contributed by atoms with Gasteiger partial charge in [-0.05, 0) is 30.7 Å². The third-order valence-electron chi connectivity index (χ3n) is 4.06. The number of nitrogens with zero attached hydrogens (tertiary/aromatic N) is 1. The Bertz CT molecular complexity index is 1000. The normalized spacial score (nSPS) is 10.9. The maximum atomic E-state index is 13.7. The molecule has 0 atom stereocenters. The van der Waals surface area contributed by atoms with Crippen LogP contribution in [-0.4, -0.2) is 29.8 Å². The molecule has 28 heavy (non-hydrogen) atoms. The molecule has 2 amide bonds. The Morgan fingerprint density at radius 3 is 2.54 bits per heavy atom. The maximum Gasteiger partial charge on any atom is 0.290 e. The van der Waals surface area contributed by atoms with Crippen LogP contribution in [0.5, 0.6) is 0 Å². The van der Waals surface area contributed by atoms with Crippen LogP contribution in [0, 0.1) is 17.5 Å². The Morgan fingerprint density at radius 2 is 1.82 bits per heavy atom. The zero-order valence-electron chi connectivity index (χ0n) is 15.0. The lowest BCUT2D eigenvalue weighted by molar-refractivity contribution is -0.116. The second-order valence-electron chi connectivity index (χ2n) is 6.15. The van der Waals surface area contributed by atoms with E-state index in [-0.39, 0.29) is 12.3 Å². The minimum absolute atomic E-state index is 0.0708. The number of hydrogen-bond donors (Lipinski definition) is 1. The molecule has 0 radical (unpaired) electrons. The molecular weight excluding hydrogens is 373 g/mol. The smallest absolute Gasteiger partial charge is 0.290 e. The van der Waals surface area contributed by atoms with Crippen LogP contribution in [-0.2, 0) is 4.79 Å². The summed E-state index contributed by atoms with van der Waals surface area (Å²) >= 11 is 0. The van der Waals surface area contributed by atoms with Gasteiger partial charge >= 0.3 is 0 Å². The first-order valence-electron chi connectivity index (χ1n) is 8.62. The summed E-state index contributed by atoms with van der Waals surface area (Å²) in [5, 5.41) is 2.90. The third kappa shape index (κ3) is 4.00. The van der Waals surface area contributed by atoms with E-state index in [0.717, 1.165) is 11.5 Å². The van der Waals surface area contributed by atoms with Crippen molar-refractivity contribution < 1.29 is 27.2 Å². The second kappa shape index (κ2) is 8.16. The average molecular weight is 390 g/mol. The highest BCUT2D eigenvalue weighted by molar-refractivity contribution is 6.00. The van der Waals surface area contributed by atoms with Crippen LogP contribution in [0.2, 0.25) is 0 Å². The molecular formula is C20H17F3N2O3. The van der Waals surface area contributed by atoms with E-state index in [0.29, 0.717) is 18.1 Å². The van der Waals surface area contributed by atoms with Gasteiger partial charge in [-0.15, -0.1) is 0 Å². The quantitative estimate of drug-likeness (QED) is 0.637. The summed E-state index contributed by atoms with van der Waals surface area (Å²) in [6, 6.07) is 10.3. The van der Waals surface area contributed by atoms with Gasteiger partial charge in [0, 0.05) is 11.9 Å². The summed E-state index contributed by atoms with van der Waals surface area (Å²) < 4.78 is 45.6. The summed E-state index contributed by atoms with van der Waals surface area (Å²) in [5.74, 6) is -5.72. The van der Waals surface area contributed by atoms with Crippen LogP contribution in [0.25, 0.3) is 11.0 Å². The molecule has 0 spiro atoms. The number of anilines is 1. The molecule has 1 heterocycles. The molecule has 0 aliphatic heterocycles. The van der Waals surface area contributed by atoms with E-state index < -0.39 is 41.5 Å². The van der Waals surface area contributed by atoms with E-state index in [2.05, 4.69) is 5.32 Å². The van der Waals surface area contributed by atoms with Gasteiger partial charge in [-0.25, -0.2) is 13.2 Å². The molecule has 0 saturated carbocycles. The third-order valence-corrected chi connectivity index (χ3v) is 4.06. The van der Waals surface area contributed by atoms with Crippen LogP contribution in [0.4, 0.5) is 18.9 Å². The number of amides is 2. The molecule has 146 valence electrons. The first kappa shape index (κ1) is 19.5. The van der Waals surface area contributed by atoms with Crippen LogP contribution in [0.1, 0.15) is 23.9 Å². The van der Waals surface area contributed by atoms with Crippen molar-refractivity contribution >= 4 is 28.5 Å². The highest BCUT2D eigenvalue weighted by atomic mass is 19.2. The number of furan rings is 1. The summed E-state index contributed by atoms with van der Waals surface area (Å²) in [4.78, 5) is 26.2. The van der Waals surface area contributed by atoms with Crippen molar-refractivity contribution in [3.05, 3.63) is 65.7 Å². The lowest BCUT2D eigenvalue weighted by atomic mass is 10.2. The van der Waals surface area contributed by atoms with E-state index in [1.54, 1.807) is 30.3 Å². The number of carbonyl (C=O) groups excluding carboxylic acids is 2. The van der Waals surface area contributed by atoms with E-state index in [1.807, 2.05) is 6.92 Å². The number of hydrogen-bond acceptors (Lipinski definition) is 3. The molecule has 3 aromatic rings. The minimum Gasteiger partial charge on any atom is -0.451 e. The molecule has 5 nitrogen and oxygen atoms in total. The summed E-state index contributed by atoms with van der Waals surface area (Å²) in [5.41, 5.74) is 0.0344. The van der Waals surface area contributed by atoms with Crippen LogP contribution in [0.15, 0.2) is 46.9 Å². The number of halogens is 3. The molecule has 8 heteroatoms. The van der Waals surface area contributed by atoms with E-state index in [4.69, 9.17) is 4.42 Å². The van der Waals surface area contributed by atoms with Gasteiger partial charge in [0.15, 0.2) is 23.2 Å². The monoisotopic (exact) mass is 390 g/mol. The van der Waals surface area contributed by atoms with E-state index in [1.165, 1.54) is 4.90 Å². The fourth-order valence-electron chi connectivity index (χ4n) is 2.75. The predicted molar refractivity (Wildman–Crippen MR) is 97.4 cm³/mol. The van der Waals surface area contributed by atoms with Crippen LogP contribution >= 0.6 is 0 Å².